The van der Waals surface area contributed by atoms with Crippen LogP contribution in [-0.4, -0.2) is 5.97 Å². The second-order valence-electron chi connectivity index (χ2n) is 6.12. The molecule has 0 amide bonds. The topological polar surface area (TPSA) is 26.3 Å². The fourth-order valence-electron chi connectivity index (χ4n) is 3.06. The highest BCUT2D eigenvalue weighted by molar-refractivity contribution is 6.02. The van der Waals surface area contributed by atoms with Crippen LogP contribution in [0, 0.1) is 0 Å². The molecule has 0 saturated heterocycles. The van der Waals surface area contributed by atoms with Gasteiger partial charge < -0.3 is 4.74 Å². The number of hydrogen-bond donors (Lipinski definition) is 0. The molecular formula is C23H18O2. The number of esters is 1. The Kier molecular flexibility index (Phi) is 3.95. The normalized spacial score (nSPS) is 10.9. The second kappa shape index (κ2) is 6.40. The number of fused-ring (bicyclic) bond motifs is 2. The first kappa shape index (κ1) is 15.4. The fourth-order valence-corrected chi connectivity index (χ4v) is 3.06. The summed E-state index contributed by atoms with van der Waals surface area (Å²) in [5.74, 6) is 0.260. The van der Waals surface area contributed by atoms with Crippen molar-refractivity contribution in [3.8, 4) is 5.75 Å². The third kappa shape index (κ3) is 2.99. The minimum atomic E-state index is -0.330. The Hall–Kier alpha value is -3.13. The molecule has 4 aromatic rings. The monoisotopic (exact) mass is 326 g/mol. The number of ether oxygens (including phenoxy) is 1. The van der Waals surface area contributed by atoms with E-state index in [1.54, 1.807) is 0 Å². The predicted octanol–water partition coefficient (Wildman–Crippen LogP) is 5.77. The van der Waals surface area contributed by atoms with Gasteiger partial charge in [-0.05, 0) is 58.5 Å². The van der Waals surface area contributed by atoms with Gasteiger partial charge in [-0.2, -0.15) is 0 Å². The van der Waals surface area contributed by atoms with Crippen LogP contribution in [-0.2, 0) is 6.42 Å². The Labute approximate surface area is 146 Å². The Morgan fingerprint density at radius 1 is 0.800 bits per heavy atom. The largest absolute Gasteiger partial charge is 0.422 e. The van der Waals surface area contributed by atoms with Gasteiger partial charge in [0.1, 0.15) is 5.75 Å². The van der Waals surface area contributed by atoms with Crippen LogP contribution in [0.5, 0.6) is 5.75 Å². The molecule has 4 aromatic carbocycles. The summed E-state index contributed by atoms with van der Waals surface area (Å²) >= 11 is 0. The molecule has 2 heteroatoms. The van der Waals surface area contributed by atoms with Gasteiger partial charge in [0.2, 0.25) is 0 Å². The molecule has 0 fully saturated rings. The molecule has 0 N–H and O–H groups in total. The summed E-state index contributed by atoms with van der Waals surface area (Å²) in [5.41, 5.74) is 1.77. The van der Waals surface area contributed by atoms with Gasteiger partial charge in [0.05, 0.1) is 5.56 Å². The van der Waals surface area contributed by atoms with Crippen molar-refractivity contribution in [2.24, 2.45) is 0 Å². The van der Waals surface area contributed by atoms with Gasteiger partial charge in [0.15, 0.2) is 0 Å². The number of aryl methyl sites for hydroxylation is 1. The summed E-state index contributed by atoms with van der Waals surface area (Å²) in [6.45, 7) is 2.09. The molecule has 25 heavy (non-hydrogen) atoms. The SMILES string of the molecule is CCc1ccc(C(=O)Oc2cccc3cc4ccccc4cc23)cc1. The average Bonchev–Trinajstić information content (AvgIpc) is 2.67. The van der Waals surface area contributed by atoms with E-state index in [4.69, 9.17) is 4.74 Å². The van der Waals surface area contributed by atoms with Crippen molar-refractivity contribution >= 4 is 27.5 Å². The zero-order chi connectivity index (χ0) is 17.2. The van der Waals surface area contributed by atoms with Gasteiger partial charge in [-0.1, -0.05) is 55.5 Å². The van der Waals surface area contributed by atoms with Crippen molar-refractivity contribution in [1.82, 2.24) is 0 Å². The van der Waals surface area contributed by atoms with Crippen LogP contribution >= 0.6 is 0 Å². The van der Waals surface area contributed by atoms with Crippen molar-refractivity contribution in [1.29, 1.82) is 0 Å². The lowest BCUT2D eigenvalue weighted by molar-refractivity contribution is 0.0737. The quantitative estimate of drug-likeness (QED) is 0.271. The van der Waals surface area contributed by atoms with E-state index in [0.29, 0.717) is 11.3 Å². The molecule has 0 aromatic heterocycles. The molecule has 4 rings (SSSR count). The minimum Gasteiger partial charge on any atom is -0.422 e. The number of carbonyl (C=O) groups is 1. The Morgan fingerprint density at radius 3 is 2.20 bits per heavy atom. The number of carbonyl (C=O) groups excluding carboxylic acids is 1. The van der Waals surface area contributed by atoms with Crippen molar-refractivity contribution in [2.75, 3.05) is 0 Å². The number of benzene rings is 4. The Balaban J connectivity index is 1.72. The third-order valence-electron chi connectivity index (χ3n) is 4.51. The molecule has 0 heterocycles. The molecule has 0 bridgehead atoms. The number of hydrogen-bond acceptors (Lipinski definition) is 2. The maximum Gasteiger partial charge on any atom is 0.343 e. The van der Waals surface area contributed by atoms with Crippen LogP contribution in [0.3, 0.4) is 0 Å². The van der Waals surface area contributed by atoms with Gasteiger partial charge in [-0.25, -0.2) is 4.79 Å². The molecule has 0 radical (unpaired) electrons. The first-order chi connectivity index (χ1) is 12.2. The first-order valence-corrected chi connectivity index (χ1v) is 8.47. The summed E-state index contributed by atoms with van der Waals surface area (Å²) in [5, 5.41) is 4.31. The second-order valence-corrected chi connectivity index (χ2v) is 6.12. The fraction of sp³-hybridized carbons (Fsp3) is 0.0870. The Bertz CT molecular complexity index is 1060. The zero-order valence-corrected chi connectivity index (χ0v) is 14.0. The molecule has 0 aliphatic rings. The maximum atomic E-state index is 12.5. The molecule has 0 atom stereocenters. The van der Waals surface area contributed by atoms with Gasteiger partial charge in [-0.15, -0.1) is 0 Å². The zero-order valence-electron chi connectivity index (χ0n) is 14.0. The van der Waals surface area contributed by atoms with Gasteiger partial charge in [-0.3, -0.25) is 0 Å². The highest BCUT2D eigenvalue weighted by Gasteiger charge is 2.11. The molecule has 2 nitrogen and oxygen atoms in total. The summed E-state index contributed by atoms with van der Waals surface area (Å²) in [7, 11) is 0. The molecule has 0 saturated carbocycles. The van der Waals surface area contributed by atoms with Crippen molar-refractivity contribution < 1.29 is 9.53 Å². The van der Waals surface area contributed by atoms with Crippen LogP contribution in [0.1, 0.15) is 22.8 Å². The molecule has 0 spiro atoms. The van der Waals surface area contributed by atoms with Crippen LogP contribution in [0.2, 0.25) is 0 Å². The lowest BCUT2D eigenvalue weighted by atomic mass is 10.0. The van der Waals surface area contributed by atoms with E-state index in [9.17, 15) is 4.79 Å². The summed E-state index contributed by atoms with van der Waals surface area (Å²) < 4.78 is 5.70. The molecular weight excluding hydrogens is 308 g/mol. The summed E-state index contributed by atoms with van der Waals surface area (Å²) in [6.07, 6.45) is 0.950. The summed E-state index contributed by atoms with van der Waals surface area (Å²) in [6, 6.07) is 25.8. The van der Waals surface area contributed by atoms with Crippen LogP contribution in [0.4, 0.5) is 0 Å². The average molecular weight is 326 g/mol. The highest BCUT2D eigenvalue weighted by atomic mass is 16.5. The van der Waals surface area contributed by atoms with Crippen molar-refractivity contribution in [3.05, 3.63) is 90.0 Å². The molecule has 122 valence electrons. The van der Waals surface area contributed by atoms with E-state index in [2.05, 4.69) is 31.2 Å². The van der Waals surface area contributed by atoms with Gasteiger partial charge in [0, 0.05) is 5.39 Å². The highest BCUT2D eigenvalue weighted by Crippen LogP contribution is 2.30. The lowest BCUT2D eigenvalue weighted by Gasteiger charge is -2.09. The van der Waals surface area contributed by atoms with E-state index < -0.39 is 0 Å². The molecule has 0 aliphatic carbocycles. The van der Waals surface area contributed by atoms with E-state index >= 15 is 0 Å². The van der Waals surface area contributed by atoms with Crippen LogP contribution in [0.15, 0.2) is 78.9 Å². The standard InChI is InChI=1S/C23H18O2/c1-2-16-10-12-17(13-11-16)23(24)25-22-9-5-8-20-14-18-6-3-4-7-19(18)15-21(20)22/h3-15H,2H2,1H3. The van der Waals surface area contributed by atoms with Crippen LogP contribution in [0.25, 0.3) is 21.5 Å². The van der Waals surface area contributed by atoms with Crippen molar-refractivity contribution in [2.45, 2.75) is 13.3 Å². The number of rotatable bonds is 3. The van der Waals surface area contributed by atoms with E-state index in [-0.39, 0.29) is 5.97 Å². The van der Waals surface area contributed by atoms with E-state index in [0.717, 1.165) is 22.6 Å². The lowest BCUT2D eigenvalue weighted by Crippen LogP contribution is -2.08. The maximum absolute atomic E-state index is 12.5. The smallest absolute Gasteiger partial charge is 0.343 e. The Morgan fingerprint density at radius 2 is 1.48 bits per heavy atom. The van der Waals surface area contributed by atoms with Gasteiger partial charge >= 0.3 is 5.97 Å². The van der Waals surface area contributed by atoms with Gasteiger partial charge in [0.25, 0.3) is 0 Å². The first-order valence-electron chi connectivity index (χ1n) is 8.47. The molecule has 0 aliphatic heterocycles. The van der Waals surface area contributed by atoms with Crippen molar-refractivity contribution in [3.63, 3.8) is 0 Å². The minimum absolute atomic E-state index is 0.330. The predicted molar refractivity (Wildman–Crippen MR) is 102 cm³/mol. The summed E-state index contributed by atoms with van der Waals surface area (Å²) in [4.78, 5) is 12.5. The van der Waals surface area contributed by atoms with E-state index in [1.807, 2.05) is 54.6 Å². The van der Waals surface area contributed by atoms with Crippen LogP contribution < -0.4 is 4.74 Å². The van der Waals surface area contributed by atoms with E-state index in [1.165, 1.54) is 10.9 Å². The third-order valence-corrected chi connectivity index (χ3v) is 4.51. The molecule has 0 unspecified atom stereocenters.